The van der Waals surface area contributed by atoms with E-state index >= 15 is 0 Å². The van der Waals surface area contributed by atoms with Crippen LogP contribution in [0.3, 0.4) is 0 Å². The molecule has 13 heteroatoms. The fourth-order valence-corrected chi connectivity index (χ4v) is 6.01. The normalized spacial score (nSPS) is 27.6. The smallest absolute Gasteiger partial charge is 0.184 e. The minimum atomic E-state index is -1.25. The van der Waals surface area contributed by atoms with Crippen LogP contribution in [-0.4, -0.2) is 55.8 Å². The molecule has 37 heavy (non-hydrogen) atoms. The van der Waals surface area contributed by atoms with Crippen molar-refractivity contribution in [3.63, 3.8) is 0 Å². The molecule has 6 atom stereocenters. The van der Waals surface area contributed by atoms with E-state index in [0.29, 0.717) is 22.4 Å². The summed E-state index contributed by atoms with van der Waals surface area (Å²) in [4.78, 5) is 12.0. The summed E-state index contributed by atoms with van der Waals surface area (Å²) in [5, 5.41) is 21.2. The number of aliphatic hydroxyl groups is 1. The molecule has 2 aliphatic rings. The van der Waals surface area contributed by atoms with Crippen molar-refractivity contribution < 1.29 is 19.3 Å². The van der Waals surface area contributed by atoms with Gasteiger partial charge in [-0.2, -0.15) is 5.10 Å². The van der Waals surface area contributed by atoms with Crippen LogP contribution < -0.4 is 0 Å². The molecule has 0 aliphatic carbocycles. The Morgan fingerprint density at radius 1 is 1.19 bits per heavy atom. The van der Waals surface area contributed by atoms with Crippen molar-refractivity contribution in [3.05, 3.63) is 80.1 Å². The van der Waals surface area contributed by atoms with Gasteiger partial charge in [0.05, 0.1) is 39.2 Å². The third kappa shape index (κ3) is 4.36. The van der Waals surface area contributed by atoms with Gasteiger partial charge in [0, 0.05) is 10.5 Å². The van der Waals surface area contributed by atoms with E-state index in [-0.39, 0.29) is 6.61 Å². The molecule has 0 spiro atoms. The number of halogens is 1. The molecule has 4 heterocycles. The van der Waals surface area contributed by atoms with Crippen molar-refractivity contribution in [2.24, 2.45) is 5.11 Å². The average Bonchev–Trinajstić information content (AvgIpc) is 3.48. The summed E-state index contributed by atoms with van der Waals surface area (Å²) in [6, 6.07) is 12.2. The van der Waals surface area contributed by atoms with Gasteiger partial charge in [-0.3, -0.25) is 0 Å². The molecule has 0 amide bonds. The standard InChI is InChI=1S/C24H22ClN7O4S/c1-11-27-23(32(30-11)14-8-15(25)18-17(9-14)37-12(2)28-18)22-20(33)19(29-31-26)21-16(35-22)10-34-24(36-21)13-6-4-3-5-7-13/h3-9,16,19-22,24,33H,10H2,1-2H3/t16-,19-,20-,21+,22-,24?/m1/s1. The van der Waals surface area contributed by atoms with Gasteiger partial charge in [-0.1, -0.05) is 47.0 Å². The molecule has 1 N–H and O–H groups in total. The van der Waals surface area contributed by atoms with Crippen molar-refractivity contribution in [2.75, 3.05) is 6.61 Å². The predicted molar refractivity (Wildman–Crippen MR) is 136 cm³/mol. The van der Waals surface area contributed by atoms with Crippen molar-refractivity contribution in [2.45, 2.75) is 50.6 Å². The van der Waals surface area contributed by atoms with Crippen LogP contribution >= 0.6 is 22.9 Å². The molecule has 2 aromatic heterocycles. The Bertz CT molecular complexity index is 1510. The first-order valence-electron chi connectivity index (χ1n) is 11.6. The lowest BCUT2D eigenvalue weighted by atomic mass is 9.91. The van der Waals surface area contributed by atoms with E-state index in [4.69, 9.17) is 25.8 Å². The molecule has 6 rings (SSSR count). The van der Waals surface area contributed by atoms with Gasteiger partial charge in [0.2, 0.25) is 0 Å². The third-order valence-corrected chi connectivity index (χ3v) is 7.62. The molecule has 0 radical (unpaired) electrons. The Labute approximate surface area is 220 Å². The second-order valence-corrected chi connectivity index (χ2v) is 10.5. The minimum absolute atomic E-state index is 0.177. The van der Waals surface area contributed by atoms with Gasteiger partial charge in [0.1, 0.15) is 29.7 Å². The van der Waals surface area contributed by atoms with Crippen LogP contribution in [0.4, 0.5) is 0 Å². The second kappa shape index (κ2) is 9.66. The van der Waals surface area contributed by atoms with Crippen molar-refractivity contribution >= 4 is 33.2 Å². The van der Waals surface area contributed by atoms with Crippen molar-refractivity contribution in [1.82, 2.24) is 19.7 Å². The van der Waals surface area contributed by atoms with Gasteiger partial charge < -0.3 is 19.3 Å². The van der Waals surface area contributed by atoms with Crippen molar-refractivity contribution in [1.29, 1.82) is 0 Å². The predicted octanol–water partition coefficient (Wildman–Crippen LogP) is 4.74. The van der Waals surface area contributed by atoms with Gasteiger partial charge in [0.25, 0.3) is 0 Å². The topological polar surface area (TPSA) is 140 Å². The maximum absolute atomic E-state index is 11.4. The fraction of sp³-hybridized carbons (Fsp3) is 0.375. The second-order valence-electron chi connectivity index (χ2n) is 8.89. The Hall–Kier alpha value is -3.09. The molecular formula is C24H22ClN7O4S. The number of aliphatic hydroxyl groups excluding tert-OH is 1. The summed E-state index contributed by atoms with van der Waals surface area (Å²) in [6.07, 6.45) is -4.21. The molecule has 2 aliphatic heterocycles. The molecular weight excluding hydrogens is 518 g/mol. The lowest BCUT2D eigenvalue weighted by Crippen LogP contribution is -2.58. The van der Waals surface area contributed by atoms with Gasteiger partial charge in [-0.25, -0.2) is 14.6 Å². The summed E-state index contributed by atoms with van der Waals surface area (Å²) in [7, 11) is 0. The van der Waals surface area contributed by atoms with E-state index in [1.807, 2.05) is 43.3 Å². The van der Waals surface area contributed by atoms with Gasteiger partial charge in [-0.15, -0.1) is 11.3 Å². The molecule has 0 saturated carbocycles. The average molecular weight is 540 g/mol. The number of fused-ring (bicyclic) bond motifs is 2. The first kappa shape index (κ1) is 24.3. The number of benzene rings is 2. The highest BCUT2D eigenvalue weighted by atomic mass is 35.5. The summed E-state index contributed by atoms with van der Waals surface area (Å²) in [5.41, 5.74) is 11.5. The maximum Gasteiger partial charge on any atom is 0.184 e. The van der Waals surface area contributed by atoms with E-state index in [0.717, 1.165) is 20.8 Å². The summed E-state index contributed by atoms with van der Waals surface area (Å²) in [5.74, 6) is 0.827. The molecule has 190 valence electrons. The quantitative estimate of drug-likeness (QED) is 0.224. The Kier molecular flexibility index (Phi) is 6.33. The van der Waals surface area contributed by atoms with Gasteiger partial charge >= 0.3 is 0 Å². The Morgan fingerprint density at radius 2 is 2.00 bits per heavy atom. The van der Waals surface area contributed by atoms with Crippen LogP contribution in [0.25, 0.3) is 26.3 Å². The molecule has 2 aromatic carbocycles. The van der Waals surface area contributed by atoms with E-state index in [1.54, 1.807) is 17.7 Å². The van der Waals surface area contributed by atoms with Crippen LogP contribution in [0.1, 0.15) is 34.6 Å². The molecule has 2 saturated heterocycles. The number of nitrogens with zero attached hydrogens (tertiary/aromatic N) is 7. The van der Waals surface area contributed by atoms with Crippen LogP contribution in [0.15, 0.2) is 47.6 Å². The number of aromatic nitrogens is 4. The van der Waals surface area contributed by atoms with Crippen molar-refractivity contribution in [3.8, 4) is 5.69 Å². The highest BCUT2D eigenvalue weighted by molar-refractivity contribution is 7.18. The number of hydrogen-bond donors (Lipinski definition) is 1. The van der Waals surface area contributed by atoms with Gasteiger partial charge in [0.15, 0.2) is 12.1 Å². The van der Waals surface area contributed by atoms with Crippen LogP contribution in [0.5, 0.6) is 0 Å². The van der Waals surface area contributed by atoms with E-state index in [2.05, 4.69) is 25.1 Å². The van der Waals surface area contributed by atoms with E-state index < -0.39 is 36.7 Å². The summed E-state index contributed by atoms with van der Waals surface area (Å²) >= 11 is 8.05. The maximum atomic E-state index is 11.4. The monoisotopic (exact) mass is 539 g/mol. The zero-order chi connectivity index (χ0) is 25.7. The lowest BCUT2D eigenvalue weighted by molar-refractivity contribution is -0.309. The van der Waals surface area contributed by atoms with Crippen LogP contribution in [0.2, 0.25) is 5.02 Å². The summed E-state index contributed by atoms with van der Waals surface area (Å²) in [6.45, 7) is 3.84. The lowest BCUT2D eigenvalue weighted by Gasteiger charge is -2.46. The largest absolute Gasteiger partial charge is 0.389 e. The number of ether oxygens (including phenoxy) is 3. The van der Waals surface area contributed by atoms with E-state index in [9.17, 15) is 10.6 Å². The number of hydrogen-bond acceptors (Lipinski definition) is 9. The SMILES string of the molecule is Cc1nc([C@@H]2O[C@@H]3COC(c4ccccc4)O[C@@H]3[C@H](N=[N+]=[N-])[C@H]2O)n(-c2cc(Cl)c3nc(C)sc3c2)n1. The Balaban J connectivity index is 1.36. The number of rotatable bonds is 4. The minimum Gasteiger partial charge on any atom is -0.389 e. The van der Waals surface area contributed by atoms with Crippen LogP contribution in [-0.2, 0) is 14.2 Å². The number of thiazole rings is 1. The molecule has 11 nitrogen and oxygen atoms in total. The zero-order valence-electron chi connectivity index (χ0n) is 19.8. The number of azide groups is 1. The molecule has 2 fully saturated rings. The highest BCUT2D eigenvalue weighted by Gasteiger charge is 2.51. The molecule has 1 unspecified atom stereocenters. The zero-order valence-corrected chi connectivity index (χ0v) is 21.4. The Morgan fingerprint density at radius 3 is 2.78 bits per heavy atom. The third-order valence-electron chi connectivity index (χ3n) is 6.41. The number of aryl methyl sites for hydroxylation is 2. The molecule has 0 bridgehead atoms. The molecule has 4 aromatic rings. The van der Waals surface area contributed by atoms with E-state index in [1.165, 1.54) is 11.3 Å². The van der Waals surface area contributed by atoms with Gasteiger partial charge in [-0.05, 0) is 31.5 Å². The fourth-order valence-electron chi connectivity index (χ4n) is 4.81. The van der Waals surface area contributed by atoms with Crippen LogP contribution in [0, 0.1) is 13.8 Å². The summed E-state index contributed by atoms with van der Waals surface area (Å²) < 4.78 is 20.9. The first-order chi connectivity index (χ1) is 17.9. The first-order valence-corrected chi connectivity index (χ1v) is 12.8. The highest BCUT2D eigenvalue weighted by Crippen LogP contribution is 2.41.